The third-order valence-electron chi connectivity index (χ3n) is 3.61. The van der Waals surface area contributed by atoms with E-state index in [0.717, 1.165) is 31.6 Å². The molecule has 1 saturated heterocycles. The molecular weight excluding hydrogens is 270 g/mol. The average Bonchev–Trinajstić information content (AvgIpc) is 2.85. The van der Waals surface area contributed by atoms with Crippen LogP contribution in [0.4, 0.5) is 5.82 Å². The van der Waals surface area contributed by atoms with Crippen molar-refractivity contribution in [2.24, 2.45) is 5.92 Å². The second-order valence-electron chi connectivity index (χ2n) is 5.81. The number of amides is 2. The zero-order valence-corrected chi connectivity index (χ0v) is 12.8. The van der Waals surface area contributed by atoms with Gasteiger partial charge >= 0.3 is 0 Å². The summed E-state index contributed by atoms with van der Waals surface area (Å²) in [6.45, 7) is 3.52. The van der Waals surface area contributed by atoms with Crippen LogP contribution in [0.15, 0.2) is 6.07 Å². The number of aromatic amines is 1. The first-order valence-electron chi connectivity index (χ1n) is 7.21. The molecule has 7 heteroatoms. The van der Waals surface area contributed by atoms with Gasteiger partial charge in [0.2, 0.25) is 11.8 Å². The lowest BCUT2D eigenvalue weighted by molar-refractivity contribution is -0.132. The molecule has 0 aromatic carbocycles. The molecule has 7 nitrogen and oxygen atoms in total. The number of nitrogens with zero attached hydrogens (tertiary/aromatic N) is 3. The minimum atomic E-state index is -0.156. The molecule has 0 aliphatic carbocycles. The smallest absolute Gasteiger partial charge is 0.230 e. The summed E-state index contributed by atoms with van der Waals surface area (Å²) >= 11 is 0. The van der Waals surface area contributed by atoms with Crippen molar-refractivity contribution in [2.45, 2.75) is 26.3 Å². The summed E-state index contributed by atoms with van der Waals surface area (Å²) in [6.07, 6.45) is 1.68. The van der Waals surface area contributed by atoms with E-state index < -0.39 is 0 Å². The molecule has 1 unspecified atom stereocenters. The number of piperidine rings is 1. The summed E-state index contributed by atoms with van der Waals surface area (Å²) in [5.41, 5.74) is 0.948. The lowest BCUT2D eigenvalue weighted by atomic mass is 9.97. The van der Waals surface area contributed by atoms with Crippen molar-refractivity contribution < 1.29 is 9.59 Å². The monoisotopic (exact) mass is 293 g/mol. The Balaban J connectivity index is 1.91. The molecule has 1 aromatic rings. The highest BCUT2D eigenvalue weighted by Gasteiger charge is 2.27. The number of rotatable bonds is 4. The van der Waals surface area contributed by atoms with Crippen LogP contribution in [0.3, 0.4) is 0 Å². The molecule has 0 spiro atoms. The lowest BCUT2D eigenvalue weighted by Gasteiger charge is -2.31. The number of carbonyl (C=O) groups is 2. The predicted molar refractivity (Wildman–Crippen MR) is 79.6 cm³/mol. The first kappa shape index (κ1) is 15.5. The molecular formula is C14H23N5O2. The number of hydrogen-bond acceptors (Lipinski definition) is 4. The van der Waals surface area contributed by atoms with Crippen LogP contribution in [0.2, 0.25) is 0 Å². The second-order valence-corrected chi connectivity index (χ2v) is 5.81. The molecule has 1 aromatic heterocycles. The molecule has 2 amide bonds. The Kier molecular flexibility index (Phi) is 4.95. The van der Waals surface area contributed by atoms with Gasteiger partial charge in [0.15, 0.2) is 5.82 Å². The Morgan fingerprint density at radius 1 is 1.52 bits per heavy atom. The van der Waals surface area contributed by atoms with Gasteiger partial charge in [-0.05, 0) is 26.9 Å². The van der Waals surface area contributed by atoms with Gasteiger partial charge in [-0.25, -0.2) is 0 Å². The van der Waals surface area contributed by atoms with E-state index in [-0.39, 0.29) is 17.7 Å². The molecule has 0 saturated carbocycles. The van der Waals surface area contributed by atoms with Crippen molar-refractivity contribution in [3.8, 4) is 0 Å². The highest BCUT2D eigenvalue weighted by molar-refractivity contribution is 5.92. The Hall–Kier alpha value is -1.89. The van der Waals surface area contributed by atoms with E-state index in [4.69, 9.17) is 0 Å². The molecule has 2 heterocycles. The Morgan fingerprint density at radius 2 is 2.29 bits per heavy atom. The second kappa shape index (κ2) is 6.71. The van der Waals surface area contributed by atoms with Gasteiger partial charge < -0.3 is 15.1 Å². The van der Waals surface area contributed by atoms with E-state index in [1.807, 2.05) is 25.1 Å². The van der Waals surface area contributed by atoms with Gasteiger partial charge in [0.25, 0.3) is 0 Å². The van der Waals surface area contributed by atoms with E-state index in [1.54, 1.807) is 11.8 Å². The lowest BCUT2D eigenvalue weighted by Crippen LogP contribution is -2.42. The summed E-state index contributed by atoms with van der Waals surface area (Å²) in [7, 11) is 3.94. The average molecular weight is 293 g/mol. The summed E-state index contributed by atoms with van der Waals surface area (Å²) in [6, 6.07) is 1.84. The fraction of sp³-hybridized carbons (Fsp3) is 0.643. The van der Waals surface area contributed by atoms with Crippen LogP contribution in [-0.2, 0) is 16.1 Å². The van der Waals surface area contributed by atoms with Crippen LogP contribution in [0.25, 0.3) is 0 Å². The molecule has 21 heavy (non-hydrogen) atoms. The summed E-state index contributed by atoms with van der Waals surface area (Å²) < 4.78 is 0. The molecule has 2 N–H and O–H groups in total. The summed E-state index contributed by atoms with van der Waals surface area (Å²) in [5.74, 6) is 0.345. The normalized spacial score (nSPS) is 18.9. The van der Waals surface area contributed by atoms with Crippen LogP contribution in [-0.4, -0.2) is 59.0 Å². The van der Waals surface area contributed by atoms with E-state index >= 15 is 0 Å². The summed E-state index contributed by atoms with van der Waals surface area (Å²) in [4.78, 5) is 27.4. The van der Waals surface area contributed by atoms with Crippen molar-refractivity contribution in [2.75, 3.05) is 32.5 Å². The Bertz CT molecular complexity index is 511. The maximum atomic E-state index is 12.3. The van der Waals surface area contributed by atoms with Crippen LogP contribution in [0.5, 0.6) is 0 Å². The van der Waals surface area contributed by atoms with Crippen molar-refractivity contribution in [3.05, 3.63) is 11.8 Å². The van der Waals surface area contributed by atoms with E-state index in [9.17, 15) is 9.59 Å². The molecule has 2 rings (SSSR count). The number of nitrogens with one attached hydrogen (secondary N) is 2. The van der Waals surface area contributed by atoms with Crippen molar-refractivity contribution >= 4 is 17.6 Å². The topological polar surface area (TPSA) is 81.3 Å². The molecule has 116 valence electrons. The number of likely N-dealkylation sites (tertiary alicyclic amines) is 1. The largest absolute Gasteiger partial charge is 0.342 e. The third kappa shape index (κ3) is 4.29. The molecule has 1 fully saturated rings. The number of aromatic nitrogens is 2. The molecule has 1 atom stereocenters. The molecule has 1 aliphatic rings. The Labute approximate surface area is 124 Å². The van der Waals surface area contributed by atoms with Crippen LogP contribution in [0, 0.1) is 5.92 Å². The van der Waals surface area contributed by atoms with Crippen LogP contribution < -0.4 is 5.32 Å². The zero-order valence-electron chi connectivity index (χ0n) is 12.8. The van der Waals surface area contributed by atoms with Gasteiger partial charge in [-0.15, -0.1) is 0 Å². The molecule has 0 radical (unpaired) electrons. The van der Waals surface area contributed by atoms with E-state index in [1.165, 1.54) is 0 Å². The van der Waals surface area contributed by atoms with Crippen molar-refractivity contribution in [1.82, 2.24) is 20.0 Å². The SMILES string of the molecule is CC(=O)N1CCCC(C(=O)Nc2cc(CN(C)C)[nH]n2)C1. The minimum absolute atomic E-state index is 0.0283. The molecule has 0 bridgehead atoms. The van der Waals surface area contributed by atoms with E-state index in [0.29, 0.717) is 12.4 Å². The maximum Gasteiger partial charge on any atom is 0.230 e. The number of H-pyrrole nitrogens is 1. The highest BCUT2D eigenvalue weighted by atomic mass is 16.2. The van der Waals surface area contributed by atoms with Gasteiger partial charge in [0.1, 0.15) is 0 Å². The van der Waals surface area contributed by atoms with Crippen LogP contribution >= 0.6 is 0 Å². The quantitative estimate of drug-likeness (QED) is 0.855. The van der Waals surface area contributed by atoms with Gasteiger partial charge in [-0.3, -0.25) is 14.7 Å². The van der Waals surface area contributed by atoms with Crippen molar-refractivity contribution in [3.63, 3.8) is 0 Å². The first-order valence-corrected chi connectivity index (χ1v) is 7.21. The third-order valence-corrected chi connectivity index (χ3v) is 3.61. The standard InChI is InChI=1S/C14H23N5O2/c1-10(20)19-6-4-5-11(8-19)14(21)15-13-7-12(16-17-13)9-18(2)3/h7,11H,4-6,8-9H2,1-3H3,(H2,15,16,17,21). The van der Waals surface area contributed by atoms with E-state index in [2.05, 4.69) is 15.5 Å². The van der Waals surface area contributed by atoms with Gasteiger partial charge in [-0.2, -0.15) is 5.10 Å². The van der Waals surface area contributed by atoms with Crippen molar-refractivity contribution in [1.29, 1.82) is 0 Å². The number of hydrogen-bond donors (Lipinski definition) is 2. The summed E-state index contributed by atoms with van der Waals surface area (Å²) in [5, 5.41) is 9.82. The van der Waals surface area contributed by atoms with Gasteiger partial charge in [0.05, 0.1) is 11.6 Å². The molecule has 1 aliphatic heterocycles. The maximum absolute atomic E-state index is 12.3. The minimum Gasteiger partial charge on any atom is -0.342 e. The van der Waals surface area contributed by atoms with Crippen LogP contribution in [0.1, 0.15) is 25.5 Å². The first-order chi connectivity index (χ1) is 9.95. The number of anilines is 1. The number of carbonyl (C=O) groups excluding carboxylic acids is 2. The zero-order chi connectivity index (χ0) is 15.4. The predicted octanol–water partition coefficient (Wildman–Crippen LogP) is 0.668. The highest BCUT2D eigenvalue weighted by Crippen LogP contribution is 2.18. The Morgan fingerprint density at radius 3 is 2.95 bits per heavy atom. The fourth-order valence-corrected chi connectivity index (χ4v) is 2.55. The fourth-order valence-electron chi connectivity index (χ4n) is 2.55. The van der Waals surface area contributed by atoms with Gasteiger partial charge in [0, 0.05) is 32.6 Å². The van der Waals surface area contributed by atoms with Gasteiger partial charge in [-0.1, -0.05) is 0 Å².